The molecule has 0 N–H and O–H groups in total. The van der Waals surface area contributed by atoms with Crippen LogP contribution in [0.15, 0.2) is 30.5 Å². The van der Waals surface area contributed by atoms with Crippen LogP contribution in [0.25, 0.3) is 0 Å². The van der Waals surface area contributed by atoms with Crippen molar-refractivity contribution in [3.05, 3.63) is 45.9 Å². The molecular weight excluding hydrogens is 364 g/mol. The second kappa shape index (κ2) is 8.90. The molecule has 0 aliphatic carbocycles. The summed E-state index contributed by atoms with van der Waals surface area (Å²) in [5, 5.41) is 1.63. The van der Waals surface area contributed by atoms with E-state index >= 15 is 0 Å². The number of thiocarbonyl (C=S) groups is 1. The van der Waals surface area contributed by atoms with Gasteiger partial charge in [-0.25, -0.2) is 4.98 Å². The third-order valence-corrected chi connectivity index (χ3v) is 5.73. The van der Waals surface area contributed by atoms with Gasteiger partial charge >= 0.3 is 0 Å². The summed E-state index contributed by atoms with van der Waals surface area (Å²) >= 11 is 7.02. The van der Waals surface area contributed by atoms with Crippen LogP contribution in [-0.4, -0.2) is 65.1 Å². The zero-order valence-corrected chi connectivity index (χ0v) is 17.3. The molecule has 0 saturated carbocycles. The second-order valence-corrected chi connectivity index (χ2v) is 8.48. The highest BCUT2D eigenvalue weighted by Gasteiger charge is 2.18. The van der Waals surface area contributed by atoms with E-state index in [0.717, 1.165) is 50.0 Å². The van der Waals surface area contributed by atoms with E-state index in [1.54, 1.807) is 16.2 Å². The molecule has 2 aromatic rings. The molecule has 1 saturated heterocycles. The van der Waals surface area contributed by atoms with E-state index in [2.05, 4.69) is 33.8 Å². The molecule has 1 aromatic carbocycles. The number of benzene rings is 1. The first-order valence-corrected chi connectivity index (χ1v) is 10.1. The molecule has 2 heterocycles. The van der Waals surface area contributed by atoms with Gasteiger partial charge in [0.25, 0.3) is 5.17 Å². The predicted molar refractivity (Wildman–Crippen MR) is 111 cm³/mol. The monoisotopic (exact) mass is 390 g/mol. The normalized spacial score (nSPS) is 15.8. The van der Waals surface area contributed by atoms with Crippen LogP contribution in [0.1, 0.15) is 15.4 Å². The van der Waals surface area contributed by atoms with Crippen LogP contribution < -0.4 is 4.74 Å². The van der Waals surface area contributed by atoms with E-state index in [9.17, 15) is 0 Å². The van der Waals surface area contributed by atoms with Crippen molar-refractivity contribution in [2.24, 2.45) is 0 Å². The van der Waals surface area contributed by atoms with E-state index in [0.29, 0.717) is 5.17 Å². The molecule has 3 rings (SSSR count). The zero-order valence-electron chi connectivity index (χ0n) is 15.6. The standard InChI is InChI=1S/C19H26N4OS2/c1-15-20-12-18(26-15)14-23-9-7-22(8-10-23)13-16-5-4-6-17(11-16)24-19(25)21(2)3/h4-6,11-12H,7-10,13-14H2,1-3H3. The largest absolute Gasteiger partial charge is 0.432 e. The highest BCUT2D eigenvalue weighted by Crippen LogP contribution is 2.18. The third kappa shape index (κ3) is 5.48. The first kappa shape index (κ1) is 19.2. The minimum absolute atomic E-state index is 0.481. The highest BCUT2D eigenvalue weighted by atomic mass is 32.1. The Hall–Kier alpha value is -1.54. The Bertz CT molecular complexity index is 739. The molecule has 26 heavy (non-hydrogen) atoms. The van der Waals surface area contributed by atoms with Crippen molar-refractivity contribution in [2.75, 3.05) is 40.3 Å². The number of aryl methyl sites for hydroxylation is 1. The molecule has 0 spiro atoms. The zero-order chi connectivity index (χ0) is 18.5. The van der Waals surface area contributed by atoms with Gasteiger partial charge in [-0.2, -0.15) is 0 Å². The fraction of sp³-hybridized carbons (Fsp3) is 0.474. The lowest BCUT2D eigenvalue weighted by atomic mass is 10.2. The molecule has 0 bridgehead atoms. The van der Waals surface area contributed by atoms with Crippen LogP contribution in [0.5, 0.6) is 5.75 Å². The Balaban J connectivity index is 1.49. The number of hydrogen-bond donors (Lipinski definition) is 0. The van der Waals surface area contributed by atoms with Gasteiger partial charge in [-0.3, -0.25) is 9.80 Å². The van der Waals surface area contributed by atoms with Gasteiger partial charge in [-0.15, -0.1) is 11.3 Å². The van der Waals surface area contributed by atoms with Gasteiger partial charge in [0.1, 0.15) is 5.75 Å². The molecule has 0 atom stereocenters. The molecule has 1 aliphatic heterocycles. The number of rotatable bonds is 5. The molecule has 0 radical (unpaired) electrons. The molecule has 0 amide bonds. The van der Waals surface area contributed by atoms with Crippen LogP contribution >= 0.6 is 23.6 Å². The fourth-order valence-electron chi connectivity index (χ4n) is 2.96. The number of thiazole rings is 1. The maximum atomic E-state index is 5.72. The van der Waals surface area contributed by atoms with E-state index in [1.807, 2.05) is 32.4 Å². The topological polar surface area (TPSA) is 31.8 Å². The fourth-order valence-corrected chi connectivity index (χ4v) is 3.90. The van der Waals surface area contributed by atoms with E-state index in [1.165, 1.54) is 10.4 Å². The van der Waals surface area contributed by atoms with Crippen LogP contribution in [0.3, 0.4) is 0 Å². The van der Waals surface area contributed by atoms with Crippen molar-refractivity contribution in [1.29, 1.82) is 0 Å². The number of piperazine rings is 1. The molecule has 0 unspecified atom stereocenters. The van der Waals surface area contributed by atoms with Gasteiger partial charge in [0.15, 0.2) is 0 Å². The molecular formula is C19H26N4OS2. The maximum Gasteiger partial charge on any atom is 0.264 e. The van der Waals surface area contributed by atoms with E-state index in [-0.39, 0.29) is 0 Å². The van der Waals surface area contributed by atoms with Crippen molar-refractivity contribution in [2.45, 2.75) is 20.0 Å². The Morgan fingerprint density at radius 1 is 1.19 bits per heavy atom. The van der Waals surface area contributed by atoms with Crippen molar-refractivity contribution in [3.8, 4) is 5.75 Å². The molecule has 1 aliphatic rings. The summed E-state index contributed by atoms with van der Waals surface area (Å²) in [5.74, 6) is 0.806. The Morgan fingerprint density at radius 3 is 2.50 bits per heavy atom. The number of hydrogen-bond acceptors (Lipinski definition) is 6. The molecule has 7 heteroatoms. The van der Waals surface area contributed by atoms with Gasteiger partial charge < -0.3 is 9.64 Å². The van der Waals surface area contributed by atoms with Gasteiger partial charge in [-0.05, 0) is 36.8 Å². The Kier molecular flexibility index (Phi) is 6.58. The van der Waals surface area contributed by atoms with Gasteiger partial charge in [-0.1, -0.05) is 12.1 Å². The smallest absolute Gasteiger partial charge is 0.264 e. The van der Waals surface area contributed by atoms with E-state index < -0.39 is 0 Å². The minimum Gasteiger partial charge on any atom is -0.432 e. The van der Waals surface area contributed by atoms with Crippen molar-refractivity contribution in [3.63, 3.8) is 0 Å². The molecule has 1 fully saturated rings. The first-order chi connectivity index (χ1) is 12.5. The van der Waals surface area contributed by atoms with Crippen LogP contribution in [0.2, 0.25) is 0 Å². The summed E-state index contributed by atoms with van der Waals surface area (Å²) in [5.41, 5.74) is 1.26. The predicted octanol–water partition coefficient (Wildman–Crippen LogP) is 2.99. The quantitative estimate of drug-likeness (QED) is 0.730. The van der Waals surface area contributed by atoms with Crippen LogP contribution in [0, 0.1) is 6.92 Å². The van der Waals surface area contributed by atoms with Gasteiger partial charge in [0.05, 0.1) is 5.01 Å². The summed E-state index contributed by atoms with van der Waals surface area (Å²) in [6, 6.07) is 8.22. The number of ether oxygens (including phenoxy) is 1. The molecule has 1 aromatic heterocycles. The average molecular weight is 391 g/mol. The second-order valence-electron chi connectivity index (χ2n) is 6.81. The first-order valence-electron chi connectivity index (χ1n) is 8.83. The SMILES string of the molecule is Cc1ncc(CN2CCN(Cc3cccc(OC(=S)N(C)C)c3)CC2)s1. The lowest BCUT2D eigenvalue weighted by molar-refractivity contribution is 0.122. The summed E-state index contributed by atoms with van der Waals surface area (Å²) in [4.78, 5) is 12.5. The van der Waals surface area contributed by atoms with Crippen molar-refractivity contribution in [1.82, 2.24) is 19.7 Å². The van der Waals surface area contributed by atoms with Crippen LogP contribution in [0.4, 0.5) is 0 Å². The highest BCUT2D eigenvalue weighted by molar-refractivity contribution is 7.80. The Labute approximate surface area is 165 Å². The third-order valence-electron chi connectivity index (χ3n) is 4.39. The van der Waals surface area contributed by atoms with Gasteiger partial charge in [0, 0.05) is 64.4 Å². The van der Waals surface area contributed by atoms with E-state index in [4.69, 9.17) is 17.0 Å². The summed E-state index contributed by atoms with van der Waals surface area (Å²) in [6.45, 7) is 8.38. The summed E-state index contributed by atoms with van der Waals surface area (Å²) in [6.07, 6.45) is 2.01. The lowest BCUT2D eigenvalue weighted by Crippen LogP contribution is -2.45. The lowest BCUT2D eigenvalue weighted by Gasteiger charge is -2.34. The van der Waals surface area contributed by atoms with Gasteiger partial charge in [0.2, 0.25) is 0 Å². The maximum absolute atomic E-state index is 5.72. The summed E-state index contributed by atoms with van der Waals surface area (Å²) in [7, 11) is 3.78. The average Bonchev–Trinajstić information content (AvgIpc) is 3.02. The minimum atomic E-state index is 0.481. The van der Waals surface area contributed by atoms with Crippen LogP contribution in [-0.2, 0) is 13.1 Å². The molecule has 5 nitrogen and oxygen atoms in total. The van der Waals surface area contributed by atoms with Crippen molar-refractivity contribution < 1.29 is 4.74 Å². The molecule has 140 valence electrons. The van der Waals surface area contributed by atoms with Crippen molar-refractivity contribution >= 4 is 28.7 Å². The Morgan fingerprint density at radius 2 is 1.88 bits per heavy atom. The number of nitrogens with zero attached hydrogens (tertiary/aromatic N) is 4. The summed E-state index contributed by atoms with van der Waals surface area (Å²) < 4.78 is 5.72. The number of aromatic nitrogens is 1.